The maximum absolute atomic E-state index is 13.5. The van der Waals surface area contributed by atoms with E-state index in [1.165, 1.54) is 11.3 Å². The van der Waals surface area contributed by atoms with Crippen molar-refractivity contribution >= 4 is 11.7 Å². The molecule has 0 spiro atoms. The lowest BCUT2D eigenvalue weighted by Gasteiger charge is -2.38. The van der Waals surface area contributed by atoms with E-state index in [0.717, 1.165) is 56.6 Å². The summed E-state index contributed by atoms with van der Waals surface area (Å²) >= 11 is 0. The first-order valence-corrected chi connectivity index (χ1v) is 11.7. The van der Waals surface area contributed by atoms with Crippen LogP contribution >= 0.6 is 0 Å². The topological polar surface area (TPSA) is 99.1 Å². The van der Waals surface area contributed by atoms with Crippen molar-refractivity contribution < 1.29 is 4.79 Å². The van der Waals surface area contributed by atoms with Crippen molar-refractivity contribution in [2.24, 2.45) is 5.73 Å². The molecule has 1 aliphatic carbocycles. The molecule has 0 unspecified atom stereocenters. The maximum atomic E-state index is 13.5. The Hall–Kier alpha value is -2.98. The number of carbonyl (C=O) groups is 1. The molecule has 168 valence electrons. The number of fused-ring (bicyclic) bond motifs is 1. The number of anilines is 1. The zero-order valence-corrected chi connectivity index (χ0v) is 18.8. The lowest BCUT2D eigenvalue weighted by molar-refractivity contribution is -0.133. The monoisotopic (exact) mass is 432 g/mol. The Bertz CT molecular complexity index is 975. The number of hydrogen-bond acceptors (Lipinski definition) is 6. The second kappa shape index (κ2) is 10.1. The van der Waals surface area contributed by atoms with Crippen molar-refractivity contribution in [1.82, 2.24) is 14.9 Å². The van der Waals surface area contributed by atoms with E-state index < -0.39 is 0 Å². The highest BCUT2D eigenvalue weighted by atomic mass is 16.2. The Morgan fingerprint density at radius 1 is 1.19 bits per heavy atom. The minimum absolute atomic E-state index is 0.174. The van der Waals surface area contributed by atoms with E-state index in [9.17, 15) is 4.79 Å². The van der Waals surface area contributed by atoms with Gasteiger partial charge in [0.25, 0.3) is 0 Å². The zero-order chi connectivity index (χ0) is 22.5. The van der Waals surface area contributed by atoms with Gasteiger partial charge >= 0.3 is 0 Å². The average Bonchev–Trinajstić information content (AvgIpc) is 3.23. The third kappa shape index (κ3) is 4.61. The first-order chi connectivity index (χ1) is 15.6. The van der Waals surface area contributed by atoms with Crippen molar-refractivity contribution in [3.05, 3.63) is 53.0 Å². The lowest BCUT2D eigenvalue weighted by Crippen LogP contribution is -2.50. The molecule has 7 heteroatoms. The molecule has 0 bridgehead atoms. The minimum atomic E-state index is -0.191. The first kappa shape index (κ1) is 22.2. The van der Waals surface area contributed by atoms with E-state index in [0.29, 0.717) is 31.1 Å². The number of benzene rings is 1. The number of aromatic nitrogens is 2. The molecule has 1 aliphatic heterocycles. The van der Waals surface area contributed by atoms with Crippen LogP contribution in [0.5, 0.6) is 0 Å². The van der Waals surface area contributed by atoms with Crippen molar-refractivity contribution in [2.75, 3.05) is 37.6 Å². The Morgan fingerprint density at radius 3 is 2.62 bits per heavy atom. The van der Waals surface area contributed by atoms with E-state index in [-0.39, 0.29) is 11.8 Å². The molecule has 2 aromatic rings. The number of piperazine rings is 1. The molecule has 7 nitrogen and oxygen atoms in total. The van der Waals surface area contributed by atoms with Crippen LogP contribution in [0.1, 0.15) is 66.8 Å². The molecular formula is C25H32N6O. The summed E-state index contributed by atoms with van der Waals surface area (Å²) in [5.74, 6) is 1.53. The van der Waals surface area contributed by atoms with Crippen LogP contribution in [0.15, 0.2) is 30.6 Å². The summed E-state index contributed by atoms with van der Waals surface area (Å²) in [5.41, 5.74) is 9.76. The number of nitrogens with zero attached hydrogens (tertiary/aromatic N) is 5. The van der Waals surface area contributed by atoms with Gasteiger partial charge in [0.05, 0.1) is 17.6 Å². The molecule has 2 atom stereocenters. The molecule has 1 saturated heterocycles. The van der Waals surface area contributed by atoms with Crippen LogP contribution in [0, 0.1) is 11.3 Å². The first-order valence-electron chi connectivity index (χ1n) is 11.7. The van der Waals surface area contributed by atoms with Crippen LogP contribution < -0.4 is 10.6 Å². The van der Waals surface area contributed by atoms with Gasteiger partial charge in [0.15, 0.2) is 0 Å². The summed E-state index contributed by atoms with van der Waals surface area (Å²) in [6.45, 7) is 5.83. The van der Waals surface area contributed by atoms with Gasteiger partial charge in [-0.1, -0.05) is 25.5 Å². The Morgan fingerprint density at radius 2 is 1.94 bits per heavy atom. The summed E-state index contributed by atoms with van der Waals surface area (Å²) in [6.07, 6.45) is 6.44. The van der Waals surface area contributed by atoms with Crippen molar-refractivity contribution in [1.29, 1.82) is 5.26 Å². The van der Waals surface area contributed by atoms with Crippen LogP contribution in [0.25, 0.3) is 0 Å². The molecule has 32 heavy (non-hydrogen) atoms. The van der Waals surface area contributed by atoms with Gasteiger partial charge in [-0.25, -0.2) is 9.97 Å². The number of amides is 1. The molecular weight excluding hydrogens is 400 g/mol. The Balaban J connectivity index is 1.45. The second-order valence-electron chi connectivity index (χ2n) is 8.88. The van der Waals surface area contributed by atoms with E-state index in [2.05, 4.69) is 27.9 Å². The highest BCUT2D eigenvalue weighted by Gasteiger charge is 2.31. The smallest absolute Gasteiger partial charge is 0.230 e. The summed E-state index contributed by atoms with van der Waals surface area (Å²) in [7, 11) is 0. The highest BCUT2D eigenvalue weighted by molar-refractivity contribution is 5.84. The van der Waals surface area contributed by atoms with Crippen LogP contribution in [0.2, 0.25) is 0 Å². The fraction of sp³-hybridized carbons (Fsp3) is 0.520. The third-order valence-electron chi connectivity index (χ3n) is 6.83. The van der Waals surface area contributed by atoms with E-state index in [4.69, 9.17) is 11.0 Å². The molecule has 4 rings (SSSR count). The molecule has 0 radical (unpaired) electrons. The Labute approximate surface area is 190 Å². The van der Waals surface area contributed by atoms with Crippen LogP contribution in [0.3, 0.4) is 0 Å². The predicted molar refractivity (Wildman–Crippen MR) is 124 cm³/mol. The van der Waals surface area contributed by atoms with E-state index in [1.54, 1.807) is 18.5 Å². The average molecular weight is 433 g/mol. The number of carbonyl (C=O) groups excluding carboxylic acids is 1. The van der Waals surface area contributed by atoms with Crippen molar-refractivity contribution in [2.45, 2.75) is 50.9 Å². The number of unbranched alkanes of at least 4 members (excludes halogenated alkanes) is 1. The van der Waals surface area contributed by atoms with Gasteiger partial charge in [0.1, 0.15) is 12.1 Å². The van der Waals surface area contributed by atoms with Gasteiger partial charge in [0, 0.05) is 37.4 Å². The standard InChI is InChI=1S/C25H32N6O/c1-18-5-10-22-23(18)24(29-17-28-22)30-12-14-31(15-13-30)25(32)21(4-2-3-11-26)20-8-6-19(16-27)7-9-20/h6-9,17-18,21H,2-5,10-15,26H2,1H3/t18-,21-/m1/s1. The number of rotatable bonds is 7. The maximum Gasteiger partial charge on any atom is 0.230 e. The molecule has 1 fully saturated rings. The number of nitriles is 1. The predicted octanol–water partition coefficient (Wildman–Crippen LogP) is 2.96. The quantitative estimate of drug-likeness (QED) is 0.676. The zero-order valence-electron chi connectivity index (χ0n) is 18.8. The fourth-order valence-electron chi connectivity index (χ4n) is 4.95. The summed E-state index contributed by atoms with van der Waals surface area (Å²) < 4.78 is 0. The molecule has 2 aliphatic rings. The van der Waals surface area contributed by atoms with E-state index in [1.807, 2.05) is 17.0 Å². The fourth-order valence-corrected chi connectivity index (χ4v) is 4.95. The largest absolute Gasteiger partial charge is 0.353 e. The number of hydrogen-bond donors (Lipinski definition) is 1. The highest BCUT2D eigenvalue weighted by Crippen LogP contribution is 2.37. The molecule has 1 aromatic carbocycles. The van der Waals surface area contributed by atoms with Gasteiger partial charge in [0.2, 0.25) is 5.91 Å². The van der Waals surface area contributed by atoms with Crippen LogP contribution in [-0.2, 0) is 11.2 Å². The van der Waals surface area contributed by atoms with Crippen molar-refractivity contribution in [3.8, 4) is 6.07 Å². The molecule has 2 heterocycles. The molecule has 0 saturated carbocycles. The van der Waals surface area contributed by atoms with Crippen molar-refractivity contribution in [3.63, 3.8) is 0 Å². The second-order valence-corrected chi connectivity index (χ2v) is 8.88. The number of aryl methyl sites for hydroxylation is 1. The summed E-state index contributed by atoms with van der Waals surface area (Å²) in [6, 6.07) is 9.59. The lowest BCUT2D eigenvalue weighted by atomic mass is 9.91. The van der Waals surface area contributed by atoms with Gasteiger partial charge < -0.3 is 15.5 Å². The molecule has 2 N–H and O–H groups in total. The SMILES string of the molecule is C[C@@H]1CCc2ncnc(N3CCN(C(=O)[C@H](CCCCN)c4ccc(C#N)cc4)CC3)c21. The van der Waals surface area contributed by atoms with Gasteiger partial charge in [-0.3, -0.25) is 4.79 Å². The summed E-state index contributed by atoms with van der Waals surface area (Å²) in [5, 5.41) is 9.09. The van der Waals surface area contributed by atoms with Crippen LogP contribution in [-0.4, -0.2) is 53.5 Å². The summed E-state index contributed by atoms with van der Waals surface area (Å²) in [4.78, 5) is 26.9. The van der Waals surface area contributed by atoms with Gasteiger partial charge in [-0.15, -0.1) is 0 Å². The van der Waals surface area contributed by atoms with E-state index >= 15 is 0 Å². The number of nitrogens with two attached hydrogens (primary N) is 1. The molecule has 1 amide bonds. The minimum Gasteiger partial charge on any atom is -0.353 e. The third-order valence-corrected chi connectivity index (χ3v) is 6.83. The normalized spacial score (nSPS) is 18.8. The van der Waals surface area contributed by atoms with Crippen LogP contribution in [0.4, 0.5) is 5.82 Å². The van der Waals surface area contributed by atoms with Gasteiger partial charge in [-0.05, 0) is 55.8 Å². The molecule has 1 aromatic heterocycles. The Kier molecular flexibility index (Phi) is 7.01. The van der Waals surface area contributed by atoms with Gasteiger partial charge in [-0.2, -0.15) is 5.26 Å².